The Hall–Kier alpha value is -0.930. The highest BCUT2D eigenvalue weighted by molar-refractivity contribution is 5.04. The van der Waals surface area contributed by atoms with Gasteiger partial charge in [-0.3, -0.25) is 4.98 Å². The van der Waals surface area contributed by atoms with Crippen LogP contribution in [0.3, 0.4) is 0 Å². The average Bonchev–Trinajstić information content (AvgIpc) is 2.31. The standard InChI is InChI=1S/C13H19NO2/c15-12(9-11-5-1-3-7-14-11)10-13-6-2-4-8-16-13/h1,3,5,7,12-13,15H,2,4,6,8-10H2. The van der Waals surface area contributed by atoms with E-state index in [9.17, 15) is 5.11 Å². The molecule has 1 aliphatic heterocycles. The van der Waals surface area contributed by atoms with Crippen molar-refractivity contribution < 1.29 is 9.84 Å². The van der Waals surface area contributed by atoms with Crippen molar-refractivity contribution in [1.82, 2.24) is 4.98 Å². The molecule has 3 nitrogen and oxygen atoms in total. The van der Waals surface area contributed by atoms with Crippen LogP contribution >= 0.6 is 0 Å². The first-order valence-corrected chi connectivity index (χ1v) is 6.04. The van der Waals surface area contributed by atoms with E-state index in [1.165, 1.54) is 6.42 Å². The van der Waals surface area contributed by atoms with Gasteiger partial charge in [-0.2, -0.15) is 0 Å². The fourth-order valence-electron chi connectivity index (χ4n) is 2.14. The van der Waals surface area contributed by atoms with Gasteiger partial charge in [0.2, 0.25) is 0 Å². The lowest BCUT2D eigenvalue weighted by molar-refractivity contribution is -0.0149. The molecule has 3 heteroatoms. The zero-order valence-corrected chi connectivity index (χ0v) is 9.51. The summed E-state index contributed by atoms with van der Waals surface area (Å²) in [6, 6.07) is 5.79. The van der Waals surface area contributed by atoms with E-state index in [1.807, 2.05) is 18.2 Å². The van der Waals surface area contributed by atoms with Crippen LogP contribution < -0.4 is 0 Å². The first-order valence-electron chi connectivity index (χ1n) is 6.04. The van der Waals surface area contributed by atoms with Crippen LogP contribution in [-0.4, -0.2) is 28.9 Å². The maximum atomic E-state index is 9.93. The summed E-state index contributed by atoms with van der Waals surface area (Å²) in [5, 5.41) is 9.93. The number of aromatic nitrogens is 1. The number of rotatable bonds is 4. The number of nitrogens with zero attached hydrogens (tertiary/aromatic N) is 1. The number of hydrogen-bond donors (Lipinski definition) is 1. The van der Waals surface area contributed by atoms with E-state index in [0.29, 0.717) is 6.42 Å². The molecular weight excluding hydrogens is 202 g/mol. The molecule has 1 aromatic rings. The third kappa shape index (κ3) is 3.58. The quantitative estimate of drug-likeness (QED) is 0.845. The second kappa shape index (κ2) is 5.97. The Kier molecular flexibility index (Phi) is 4.31. The molecule has 0 bridgehead atoms. The van der Waals surface area contributed by atoms with Crippen molar-refractivity contribution in [1.29, 1.82) is 0 Å². The van der Waals surface area contributed by atoms with Crippen molar-refractivity contribution in [3.63, 3.8) is 0 Å². The van der Waals surface area contributed by atoms with Gasteiger partial charge in [-0.05, 0) is 37.8 Å². The minimum Gasteiger partial charge on any atom is -0.393 e. The molecule has 2 heterocycles. The fraction of sp³-hybridized carbons (Fsp3) is 0.615. The Morgan fingerprint density at radius 1 is 1.44 bits per heavy atom. The molecule has 1 aromatic heterocycles. The number of aliphatic hydroxyl groups is 1. The molecule has 2 unspecified atom stereocenters. The van der Waals surface area contributed by atoms with Crippen molar-refractivity contribution in [3.8, 4) is 0 Å². The van der Waals surface area contributed by atoms with E-state index in [0.717, 1.165) is 31.6 Å². The van der Waals surface area contributed by atoms with E-state index < -0.39 is 0 Å². The summed E-state index contributed by atoms with van der Waals surface area (Å²) >= 11 is 0. The first kappa shape index (κ1) is 11.6. The van der Waals surface area contributed by atoms with Crippen LogP contribution in [0.2, 0.25) is 0 Å². The van der Waals surface area contributed by atoms with Gasteiger partial charge in [-0.25, -0.2) is 0 Å². The van der Waals surface area contributed by atoms with Crippen molar-refractivity contribution in [3.05, 3.63) is 30.1 Å². The third-order valence-electron chi connectivity index (χ3n) is 2.98. The molecule has 1 N–H and O–H groups in total. The van der Waals surface area contributed by atoms with Crippen LogP contribution in [0, 0.1) is 0 Å². The van der Waals surface area contributed by atoms with Crippen LogP contribution in [0.25, 0.3) is 0 Å². The fourth-order valence-corrected chi connectivity index (χ4v) is 2.14. The van der Waals surface area contributed by atoms with Crippen molar-refractivity contribution in [2.45, 2.75) is 44.3 Å². The van der Waals surface area contributed by atoms with Gasteiger partial charge in [0.05, 0.1) is 12.2 Å². The molecule has 1 saturated heterocycles. The van der Waals surface area contributed by atoms with E-state index in [1.54, 1.807) is 6.20 Å². The Morgan fingerprint density at radius 3 is 3.06 bits per heavy atom. The minimum atomic E-state index is -0.335. The number of hydrogen-bond acceptors (Lipinski definition) is 3. The molecule has 0 amide bonds. The lowest BCUT2D eigenvalue weighted by Crippen LogP contribution is -2.25. The SMILES string of the molecule is OC(Cc1ccccn1)CC1CCCCO1. The molecule has 2 atom stereocenters. The predicted octanol–water partition coefficient (Wildman–Crippen LogP) is 1.94. The maximum Gasteiger partial charge on any atom is 0.0620 e. The topological polar surface area (TPSA) is 42.4 Å². The van der Waals surface area contributed by atoms with Gasteiger partial charge in [0.1, 0.15) is 0 Å². The zero-order chi connectivity index (χ0) is 11.2. The van der Waals surface area contributed by atoms with Crippen LogP contribution in [-0.2, 0) is 11.2 Å². The van der Waals surface area contributed by atoms with Gasteiger partial charge >= 0.3 is 0 Å². The zero-order valence-electron chi connectivity index (χ0n) is 9.51. The lowest BCUT2D eigenvalue weighted by atomic mass is 10.0. The van der Waals surface area contributed by atoms with Crippen LogP contribution in [0.5, 0.6) is 0 Å². The monoisotopic (exact) mass is 221 g/mol. The van der Waals surface area contributed by atoms with Gasteiger partial charge in [0, 0.05) is 24.9 Å². The van der Waals surface area contributed by atoms with Gasteiger partial charge in [0.15, 0.2) is 0 Å². The minimum absolute atomic E-state index is 0.243. The summed E-state index contributed by atoms with van der Waals surface area (Å²) in [5.74, 6) is 0. The number of aliphatic hydroxyl groups excluding tert-OH is 1. The largest absolute Gasteiger partial charge is 0.393 e. The first-order chi connectivity index (χ1) is 7.84. The van der Waals surface area contributed by atoms with E-state index >= 15 is 0 Å². The van der Waals surface area contributed by atoms with E-state index in [2.05, 4.69) is 4.98 Å². The normalized spacial score (nSPS) is 22.9. The molecule has 16 heavy (non-hydrogen) atoms. The molecule has 0 saturated carbocycles. The second-order valence-electron chi connectivity index (χ2n) is 4.40. The van der Waals surface area contributed by atoms with Crippen LogP contribution in [0.4, 0.5) is 0 Å². The summed E-state index contributed by atoms with van der Waals surface area (Å²) < 4.78 is 5.61. The number of ether oxygens (including phenoxy) is 1. The molecule has 1 aliphatic rings. The molecule has 1 fully saturated rings. The predicted molar refractivity (Wildman–Crippen MR) is 62.2 cm³/mol. The Labute approximate surface area is 96.5 Å². The summed E-state index contributed by atoms with van der Waals surface area (Å²) in [6.45, 7) is 0.848. The summed E-state index contributed by atoms with van der Waals surface area (Å²) in [6.07, 6.45) is 6.49. The maximum absolute atomic E-state index is 9.93. The molecular formula is C13H19NO2. The van der Waals surface area contributed by atoms with Gasteiger partial charge in [0.25, 0.3) is 0 Å². The summed E-state index contributed by atoms with van der Waals surface area (Å²) in [4.78, 5) is 4.21. The Bertz CT molecular complexity index is 296. The highest BCUT2D eigenvalue weighted by Crippen LogP contribution is 2.18. The van der Waals surface area contributed by atoms with E-state index in [-0.39, 0.29) is 12.2 Å². The molecule has 2 rings (SSSR count). The van der Waals surface area contributed by atoms with Gasteiger partial charge in [-0.1, -0.05) is 6.07 Å². The second-order valence-corrected chi connectivity index (χ2v) is 4.40. The number of pyridine rings is 1. The third-order valence-corrected chi connectivity index (χ3v) is 2.98. The van der Waals surface area contributed by atoms with Crippen LogP contribution in [0.15, 0.2) is 24.4 Å². The smallest absolute Gasteiger partial charge is 0.0620 e. The molecule has 88 valence electrons. The molecule has 0 aromatic carbocycles. The van der Waals surface area contributed by atoms with Gasteiger partial charge < -0.3 is 9.84 Å². The van der Waals surface area contributed by atoms with Crippen LogP contribution in [0.1, 0.15) is 31.4 Å². The Balaban J connectivity index is 1.77. The molecule has 0 spiro atoms. The van der Waals surface area contributed by atoms with Crippen molar-refractivity contribution >= 4 is 0 Å². The molecule has 0 radical (unpaired) electrons. The van der Waals surface area contributed by atoms with E-state index in [4.69, 9.17) is 4.74 Å². The average molecular weight is 221 g/mol. The Morgan fingerprint density at radius 2 is 2.38 bits per heavy atom. The van der Waals surface area contributed by atoms with Crippen molar-refractivity contribution in [2.24, 2.45) is 0 Å². The molecule has 0 aliphatic carbocycles. The van der Waals surface area contributed by atoms with Crippen molar-refractivity contribution in [2.75, 3.05) is 6.61 Å². The highest BCUT2D eigenvalue weighted by Gasteiger charge is 2.18. The summed E-state index contributed by atoms with van der Waals surface area (Å²) in [7, 11) is 0. The lowest BCUT2D eigenvalue weighted by Gasteiger charge is -2.24. The highest BCUT2D eigenvalue weighted by atomic mass is 16.5. The summed E-state index contributed by atoms with van der Waals surface area (Å²) in [5.41, 5.74) is 0.950. The van der Waals surface area contributed by atoms with Gasteiger partial charge in [-0.15, -0.1) is 0 Å².